The van der Waals surface area contributed by atoms with Gasteiger partial charge in [-0.25, -0.2) is 4.98 Å². The molecule has 0 saturated carbocycles. The lowest BCUT2D eigenvalue weighted by atomic mass is 10.1. The highest BCUT2D eigenvalue weighted by atomic mass is 32.2. The molecule has 1 aliphatic rings. The first-order valence-corrected chi connectivity index (χ1v) is 12.1. The van der Waals surface area contributed by atoms with Crippen LogP contribution in [0.4, 0.5) is 5.82 Å². The lowest BCUT2D eigenvalue weighted by Gasteiger charge is -2.21. The Bertz CT molecular complexity index is 1330. The third-order valence-electron chi connectivity index (χ3n) is 5.72. The molecule has 170 valence electrons. The number of hydrogen-bond donors (Lipinski definition) is 1. The van der Waals surface area contributed by atoms with Crippen molar-refractivity contribution in [1.29, 1.82) is 0 Å². The predicted molar refractivity (Wildman–Crippen MR) is 139 cm³/mol. The minimum atomic E-state index is -0.232. The highest BCUT2D eigenvalue weighted by molar-refractivity contribution is 8.26. The van der Waals surface area contributed by atoms with Gasteiger partial charge in [-0.15, -0.1) is 0 Å². The van der Waals surface area contributed by atoms with Gasteiger partial charge in [0.15, 0.2) is 0 Å². The van der Waals surface area contributed by atoms with Gasteiger partial charge in [-0.05, 0) is 50.5 Å². The number of anilines is 1. The molecule has 0 spiro atoms. The van der Waals surface area contributed by atoms with Gasteiger partial charge in [0.25, 0.3) is 11.5 Å². The molecule has 0 unspecified atom stereocenters. The van der Waals surface area contributed by atoms with Crippen LogP contribution >= 0.6 is 24.0 Å². The number of thiocarbonyl (C=S) groups is 1. The quantitative estimate of drug-likeness (QED) is 0.401. The summed E-state index contributed by atoms with van der Waals surface area (Å²) >= 11 is 6.68. The van der Waals surface area contributed by atoms with Crippen LogP contribution in [-0.4, -0.2) is 30.6 Å². The maximum Gasteiger partial charge on any atom is 0.267 e. The van der Waals surface area contributed by atoms with Crippen LogP contribution in [0, 0.1) is 13.8 Å². The second-order valence-electron chi connectivity index (χ2n) is 8.26. The van der Waals surface area contributed by atoms with Gasteiger partial charge in [0, 0.05) is 18.8 Å². The van der Waals surface area contributed by atoms with Crippen LogP contribution in [0.25, 0.3) is 11.7 Å². The largest absolute Gasteiger partial charge is 0.365 e. The summed E-state index contributed by atoms with van der Waals surface area (Å²) in [5.74, 6) is 0.274. The summed E-state index contributed by atoms with van der Waals surface area (Å²) in [6.07, 6.45) is 4.18. The van der Waals surface area contributed by atoms with E-state index >= 15 is 0 Å². The van der Waals surface area contributed by atoms with Gasteiger partial charge in [-0.3, -0.25) is 18.9 Å². The topological polar surface area (TPSA) is 66.7 Å². The van der Waals surface area contributed by atoms with Crippen molar-refractivity contribution >= 4 is 51.7 Å². The Hall–Kier alpha value is -2.97. The van der Waals surface area contributed by atoms with E-state index in [1.54, 1.807) is 17.2 Å². The summed E-state index contributed by atoms with van der Waals surface area (Å²) in [4.78, 5) is 33.3. The summed E-state index contributed by atoms with van der Waals surface area (Å²) in [6, 6.07) is 11.9. The molecule has 1 fully saturated rings. The van der Waals surface area contributed by atoms with E-state index in [2.05, 4.69) is 5.32 Å². The van der Waals surface area contributed by atoms with Crippen molar-refractivity contribution in [3.8, 4) is 0 Å². The molecule has 1 saturated heterocycles. The number of fused-ring (bicyclic) bond motifs is 1. The minimum absolute atomic E-state index is 0.000933. The van der Waals surface area contributed by atoms with Crippen LogP contribution in [0.5, 0.6) is 0 Å². The van der Waals surface area contributed by atoms with Gasteiger partial charge in [-0.1, -0.05) is 66.8 Å². The molecule has 1 N–H and O–H groups in total. The predicted octanol–water partition coefficient (Wildman–Crippen LogP) is 4.92. The van der Waals surface area contributed by atoms with Crippen molar-refractivity contribution in [2.24, 2.45) is 0 Å². The lowest BCUT2D eigenvalue weighted by molar-refractivity contribution is -0.123. The maximum absolute atomic E-state index is 13.5. The number of aryl methyl sites for hydroxylation is 2. The number of nitrogens with zero attached hydrogens (tertiary/aromatic N) is 3. The highest BCUT2D eigenvalue weighted by Crippen LogP contribution is 2.34. The second-order valence-corrected chi connectivity index (χ2v) is 9.94. The van der Waals surface area contributed by atoms with Gasteiger partial charge in [0.1, 0.15) is 15.8 Å². The second kappa shape index (κ2) is 9.49. The molecule has 3 aromatic rings. The maximum atomic E-state index is 13.5. The molecule has 0 radical (unpaired) electrons. The molecular formula is C25H26N4O2S2. The Balaban J connectivity index is 1.79. The number of amides is 1. The van der Waals surface area contributed by atoms with Crippen molar-refractivity contribution in [2.75, 3.05) is 5.32 Å². The zero-order valence-corrected chi connectivity index (χ0v) is 20.7. The molecule has 33 heavy (non-hydrogen) atoms. The third kappa shape index (κ3) is 4.72. The van der Waals surface area contributed by atoms with E-state index in [0.29, 0.717) is 32.8 Å². The fourth-order valence-corrected chi connectivity index (χ4v) is 5.03. The van der Waals surface area contributed by atoms with E-state index in [1.165, 1.54) is 21.7 Å². The van der Waals surface area contributed by atoms with Crippen molar-refractivity contribution < 1.29 is 4.79 Å². The van der Waals surface area contributed by atoms with Crippen LogP contribution in [0.1, 0.15) is 42.5 Å². The zero-order valence-electron chi connectivity index (χ0n) is 19.1. The summed E-state index contributed by atoms with van der Waals surface area (Å²) < 4.78 is 2.03. The molecule has 6 nitrogen and oxygen atoms in total. The number of rotatable bonds is 6. The molecule has 0 aliphatic carbocycles. The molecule has 3 heterocycles. The summed E-state index contributed by atoms with van der Waals surface area (Å²) in [5.41, 5.74) is 3.85. The smallest absolute Gasteiger partial charge is 0.267 e. The SMILES string of the molecule is CC[C@H](C)N1C(=O)/C(=C/c2c(NCc3ccc(C)cc3)nc3ccc(C)cn3c2=O)SC1=S. The number of hydrogen-bond acceptors (Lipinski definition) is 6. The normalized spacial score (nSPS) is 16.1. The molecule has 1 atom stereocenters. The molecule has 4 rings (SSSR count). The Morgan fingerprint density at radius 2 is 1.82 bits per heavy atom. The first-order valence-electron chi connectivity index (χ1n) is 10.9. The van der Waals surface area contributed by atoms with Crippen LogP contribution in [-0.2, 0) is 11.3 Å². The van der Waals surface area contributed by atoms with Crippen molar-refractivity contribution in [1.82, 2.24) is 14.3 Å². The van der Waals surface area contributed by atoms with Crippen molar-refractivity contribution in [3.63, 3.8) is 0 Å². The van der Waals surface area contributed by atoms with E-state index in [1.807, 2.05) is 64.1 Å². The molecule has 0 bridgehead atoms. The average molecular weight is 479 g/mol. The van der Waals surface area contributed by atoms with E-state index in [4.69, 9.17) is 17.2 Å². The number of benzene rings is 1. The first kappa shape index (κ1) is 23.2. The number of carbonyl (C=O) groups is 1. The Morgan fingerprint density at radius 3 is 2.52 bits per heavy atom. The van der Waals surface area contributed by atoms with Crippen LogP contribution in [0.15, 0.2) is 52.3 Å². The first-order chi connectivity index (χ1) is 15.8. The van der Waals surface area contributed by atoms with Gasteiger partial charge < -0.3 is 5.32 Å². The van der Waals surface area contributed by atoms with E-state index in [0.717, 1.165) is 17.5 Å². The van der Waals surface area contributed by atoms with Gasteiger partial charge in [0.05, 0.1) is 10.5 Å². The van der Waals surface area contributed by atoms with Gasteiger partial charge >= 0.3 is 0 Å². The van der Waals surface area contributed by atoms with Crippen LogP contribution < -0.4 is 10.9 Å². The highest BCUT2D eigenvalue weighted by Gasteiger charge is 2.35. The van der Waals surface area contributed by atoms with E-state index < -0.39 is 0 Å². The summed E-state index contributed by atoms with van der Waals surface area (Å²) in [6.45, 7) is 8.45. The van der Waals surface area contributed by atoms with Crippen LogP contribution in [0.3, 0.4) is 0 Å². The lowest BCUT2D eigenvalue weighted by Crippen LogP contribution is -2.36. The fraction of sp³-hybridized carbons (Fsp3) is 0.280. The molecule has 1 aliphatic heterocycles. The Kier molecular flexibility index (Phi) is 6.67. The Morgan fingerprint density at radius 1 is 1.12 bits per heavy atom. The molecule has 8 heteroatoms. The third-order valence-corrected chi connectivity index (χ3v) is 7.05. The standard InChI is InChI=1S/C25H26N4O2S2/c1-5-17(4)29-24(31)20(33-25(29)32)12-19-22(26-13-18-9-6-15(2)7-10-18)27-21-11-8-16(3)14-28(21)23(19)30/h6-12,14,17,26H,5,13H2,1-4H3/b20-12-/t17-/m0/s1. The number of pyridine rings is 1. The van der Waals surface area contributed by atoms with E-state index in [9.17, 15) is 9.59 Å². The van der Waals surface area contributed by atoms with Crippen LogP contribution in [0.2, 0.25) is 0 Å². The zero-order chi connectivity index (χ0) is 23.7. The summed E-state index contributed by atoms with van der Waals surface area (Å²) in [5, 5.41) is 3.31. The number of thioether (sulfide) groups is 1. The Labute approximate surface area is 202 Å². The van der Waals surface area contributed by atoms with Crippen molar-refractivity contribution in [2.45, 2.75) is 46.7 Å². The summed E-state index contributed by atoms with van der Waals surface area (Å²) in [7, 11) is 0. The monoisotopic (exact) mass is 478 g/mol. The molecular weight excluding hydrogens is 452 g/mol. The van der Waals surface area contributed by atoms with Crippen molar-refractivity contribution in [3.05, 3.63) is 80.1 Å². The number of aromatic nitrogens is 2. The average Bonchev–Trinajstić information content (AvgIpc) is 3.08. The number of carbonyl (C=O) groups excluding carboxylic acids is 1. The van der Waals surface area contributed by atoms with E-state index in [-0.39, 0.29) is 17.5 Å². The molecule has 2 aromatic heterocycles. The van der Waals surface area contributed by atoms with Gasteiger partial charge in [-0.2, -0.15) is 0 Å². The number of nitrogens with one attached hydrogen (secondary N) is 1. The van der Waals surface area contributed by atoms with Gasteiger partial charge in [0.2, 0.25) is 0 Å². The fourth-order valence-electron chi connectivity index (χ4n) is 3.59. The molecule has 1 aromatic carbocycles. The molecule has 1 amide bonds. The minimum Gasteiger partial charge on any atom is -0.365 e.